The standard InChI is InChI=1S/C31H33ClN8O/c1-33-26-12-10-23(11-13-26)19-35-30(41)27(17-22-6-3-2-4-7-22)37-28-18-29(40-15-14-34-21-40)39-31(38-28)36-20-24-8-5-9-25(32)16-24/h5,8-16,18,21-22,27H,2-4,6-7,17,19-20H2,(H,35,41)(H2,36,37,38,39). The van der Waals surface area contributed by atoms with Gasteiger partial charge >= 0.3 is 0 Å². The number of nitrogens with one attached hydrogen (secondary N) is 3. The van der Waals surface area contributed by atoms with Crippen molar-refractivity contribution in [3.05, 3.63) is 101 Å². The number of imidazole rings is 1. The molecule has 41 heavy (non-hydrogen) atoms. The fourth-order valence-corrected chi connectivity index (χ4v) is 5.32. The van der Waals surface area contributed by atoms with Gasteiger partial charge in [0.25, 0.3) is 0 Å². The smallest absolute Gasteiger partial charge is 0.242 e. The fraction of sp³-hybridized carbons (Fsp3) is 0.323. The van der Waals surface area contributed by atoms with Crippen molar-refractivity contribution in [2.24, 2.45) is 5.92 Å². The third kappa shape index (κ3) is 8.05. The summed E-state index contributed by atoms with van der Waals surface area (Å²) in [7, 11) is 0. The van der Waals surface area contributed by atoms with E-state index in [1.807, 2.05) is 48.7 Å². The first-order valence-electron chi connectivity index (χ1n) is 13.9. The van der Waals surface area contributed by atoms with E-state index in [1.54, 1.807) is 29.2 Å². The molecule has 0 aliphatic heterocycles. The van der Waals surface area contributed by atoms with Crippen LogP contribution >= 0.6 is 11.6 Å². The Hall–Kier alpha value is -4.42. The number of nitrogens with zero attached hydrogens (tertiary/aromatic N) is 5. The van der Waals surface area contributed by atoms with Crippen LogP contribution in [0, 0.1) is 12.5 Å². The van der Waals surface area contributed by atoms with Crippen molar-refractivity contribution in [2.45, 2.75) is 57.7 Å². The van der Waals surface area contributed by atoms with Crippen molar-refractivity contribution in [1.82, 2.24) is 24.8 Å². The lowest BCUT2D eigenvalue weighted by atomic mass is 9.84. The molecule has 5 rings (SSSR count). The molecule has 0 bridgehead atoms. The van der Waals surface area contributed by atoms with Crippen LogP contribution in [0.1, 0.15) is 49.7 Å². The highest BCUT2D eigenvalue weighted by molar-refractivity contribution is 6.30. The zero-order chi connectivity index (χ0) is 28.4. The van der Waals surface area contributed by atoms with Crippen LogP contribution in [0.3, 0.4) is 0 Å². The van der Waals surface area contributed by atoms with Gasteiger partial charge in [0.2, 0.25) is 11.9 Å². The molecule has 0 radical (unpaired) electrons. The number of hydrogen-bond acceptors (Lipinski definition) is 6. The monoisotopic (exact) mass is 568 g/mol. The third-order valence-corrected chi connectivity index (χ3v) is 7.52. The normalized spacial score (nSPS) is 14.1. The van der Waals surface area contributed by atoms with Gasteiger partial charge in [-0.05, 0) is 35.6 Å². The Kier molecular flexibility index (Phi) is 9.45. The molecule has 1 unspecified atom stereocenters. The van der Waals surface area contributed by atoms with Crippen LogP contribution in [-0.4, -0.2) is 31.5 Å². The molecule has 1 aliphatic rings. The van der Waals surface area contributed by atoms with E-state index in [9.17, 15) is 4.79 Å². The second-order valence-electron chi connectivity index (χ2n) is 10.3. The van der Waals surface area contributed by atoms with E-state index in [4.69, 9.17) is 23.2 Å². The van der Waals surface area contributed by atoms with Gasteiger partial charge in [0, 0.05) is 36.6 Å². The van der Waals surface area contributed by atoms with Crippen molar-refractivity contribution in [3.8, 4) is 5.82 Å². The van der Waals surface area contributed by atoms with Crippen molar-refractivity contribution < 1.29 is 4.79 Å². The third-order valence-electron chi connectivity index (χ3n) is 7.29. The number of carbonyl (C=O) groups is 1. The van der Waals surface area contributed by atoms with Gasteiger partial charge in [0.1, 0.15) is 24.0 Å². The highest BCUT2D eigenvalue weighted by Gasteiger charge is 2.25. The molecule has 1 saturated carbocycles. The maximum absolute atomic E-state index is 13.6. The molecule has 4 aromatic rings. The van der Waals surface area contributed by atoms with Gasteiger partial charge in [0.15, 0.2) is 5.69 Å². The Morgan fingerprint density at radius 3 is 2.61 bits per heavy atom. The zero-order valence-corrected chi connectivity index (χ0v) is 23.5. The predicted octanol–water partition coefficient (Wildman–Crippen LogP) is 6.55. The van der Waals surface area contributed by atoms with E-state index in [0.717, 1.165) is 30.4 Å². The molecular formula is C31H33ClN8O. The molecule has 210 valence electrons. The maximum atomic E-state index is 13.6. The van der Waals surface area contributed by atoms with Crippen LogP contribution in [0.4, 0.5) is 17.5 Å². The van der Waals surface area contributed by atoms with E-state index in [0.29, 0.717) is 47.3 Å². The molecule has 1 atom stereocenters. The van der Waals surface area contributed by atoms with Crippen LogP contribution in [0.2, 0.25) is 5.02 Å². The summed E-state index contributed by atoms with van der Waals surface area (Å²) >= 11 is 6.16. The van der Waals surface area contributed by atoms with Gasteiger partial charge in [-0.25, -0.2) is 9.83 Å². The number of anilines is 2. The molecule has 0 saturated heterocycles. The minimum absolute atomic E-state index is 0.0824. The summed E-state index contributed by atoms with van der Waals surface area (Å²) in [4.78, 5) is 30.5. The van der Waals surface area contributed by atoms with E-state index < -0.39 is 6.04 Å². The van der Waals surface area contributed by atoms with E-state index in [1.165, 1.54) is 19.3 Å². The molecule has 0 spiro atoms. The first-order valence-corrected chi connectivity index (χ1v) is 14.3. The van der Waals surface area contributed by atoms with Crippen LogP contribution < -0.4 is 16.0 Å². The minimum Gasteiger partial charge on any atom is -0.358 e. The first-order chi connectivity index (χ1) is 20.1. The van der Waals surface area contributed by atoms with Crippen LogP contribution in [0.15, 0.2) is 73.3 Å². The first kappa shape index (κ1) is 28.1. The number of carbonyl (C=O) groups excluding carboxylic acids is 1. The summed E-state index contributed by atoms with van der Waals surface area (Å²) in [6, 6.07) is 16.3. The van der Waals surface area contributed by atoms with E-state index in [-0.39, 0.29) is 5.91 Å². The lowest BCUT2D eigenvalue weighted by Crippen LogP contribution is -2.41. The SMILES string of the molecule is [C-]#[N+]c1ccc(CNC(=O)C(CC2CCCCC2)Nc2cc(-n3ccnc3)nc(NCc3cccc(Cl)c3)n2)cc1. The Balaban J connectivity index is 1.36. The van der Waals surface area contributed by atoms with Crippen molar-refractivity contribution in [2.75, 3.05) is 10.6 Å². The van der Waals surface area contributed by atoms with Gasteiger partial charge in [-0.3, -0.25) is 9.36 Å². The van der Waals surface area contributed by atoms with E-state index >= 15 is 0 Å². The Labute approximate surface area is 245 Å². The molecule has 1 fully saturated rings. The summed E-state index contributed by atoms with van der Waals surface area (Å²) in [5.74, 6) is 2.00. The quantitative estimate of drug-likeness (QED) is 0.177. The van der Waals surface area contributed by atoms with Crippen molar-refractivity contribution in [1.29, 1.82) is 0 Å². The highest BCUT2D eigenvalue weighted by atomic mass is 35.5. The molecule has 2 aromatic carbocycles. The molecule has 1 aliphatic carbocycles. The van der Waals surface area contributed by atoms with Gasteiger partial charge in [-0.15, -0.1) is 0 Å². The summed E-state index contributed by atoms with van der Waals surface area (Å²) in [5, 5.41) is 10.5. The topological polar surface area (TPSA) is 101 Å². The summed E-state index contributed by atoms with van der Waals surface area (Å²) in [6.45, 7) is 8.02. The second-order valence-corrected chi connectivity index (χ2v) is 10.8. The van der Waals surface area contributed by atoms with Gasteiger partial charge < -0.3 is 16.0 Å². The number of halogens is 1. The summed E-state index contributed by atoms with van der Waals surface area (Å²) < 4.78 is 1.81. The summed E-state index contributed by atoms with van der Waals surface area (Å²) in [6.07, 6.45) is 11.8. The highest BCUT2D eigenvalue weighted by Crippen LogP contribution is 2.28. The Bertz CT molecular complexity index is 1480. The fourth-order valence-electron chi connectivity index (χ4n) is 5.11. The molecular weight excluding hydrogens is 536 g/mol. The lowest BCUT2D eigenvalue weighted by molar-refractivity contribution is -0.122. The molecule has 2 heterocycles. The maximum Gasteiger partial charge on any atom is 0.242 e. The van der Waals surface area contributed by atoms with Crippen molar-refractivity contribution >= 4 is 35.0 Å². The Morgan fingerprint density at radius 2 is 1.88 bits per heavy atom. The van der Waals surface area contributed by atoms with Crippen molar-refractivity contribution in [3.63, 3.8) is 0 Å². The average Bonchev–Trinajstić information content (AvgIpc) is 3.55. The molecule has 10 heteroatoms. The summed E-state index contributed by atoms with van der Waals surface area (Å²) in [5.41, 5.74) is 2.52. The van der Waals surface area contributed by atoms with Gasteiger partial charge in [0.05, 0.1) is 6.57 Å². The largest absolute Gasteiger partial charge is 0.358 e. The second kappa shape index (κ2) is 13.8. The van der Waals surface area contributed by atoms with E-state index in [2.05, 4.69) is 30.8 Å². The number of amides is 1. The van der Waals surface area contributed by atoms with Crippen LogP contribution in [0.5, 0.6) is 0 Å². The molecule has 2 aromatic heterocycles. The average molecular weight is 569 g/mol. The number of benzene rings is 2. The Morgan fingerprint density at radius 1 is 1.05 bits per heavy atom. The minimum atomic E-state index is -0.466. The van der Waals surface area contributed by atoms with Crippen LogP contribution in [0.25, 0.3) is 10.7 Å². The van der Waals surface area contributed by atoms with Gasteiger partial charge in [-0.1, -0.05) is 80.1 Å². The lowest BCUT2D eigenvalue weighted by Gasteiger charge is -2.27. The van der Waals surface area contributed by atoms with Gasteiger partial charge in [-0.2, -0.15) is 9.97 Å². The predicted molar refractivity (Wildman–Crippen MR) is 161 cm³/mol. The molecule has 9 nitrogen and oxygen atoms in total. The molecule has 3 N–H and O–H groups in total. The number of aromatic nitrogens is 4. The number of rotatable bonds is 11. The van der Waals surface area contributed by atoms with Crippen LogP contribution in [-0.2, 0) is 17.9 Å². The number of hydrogen-bond donors (Lipinski definition) is 3. The molecule has 1 amide bonds. The zero-order valence-electron chi connectivity index (χ0n) is 22.8.